The minimum absolute atomic E-state index is 0.330. The van der Waals surface area contributed by atoms with E-state index in [4.69, 9.17) is 10.1 Å². The number of nitrogens with zero attached hydrogens (tertiary/aromatic N) is 2. The summed E-state index contributed by atoms with van der Waals surface area (Å²) in [4.78, 5) is 17.2. The number of rotatable bonds is 6. The molecule has 0 aromatic heterocycles. The lowest BCUT2D eigenvalue weighted by Crippen LogP contribution is -2.26. The average molecular weight is 321 g/mol. The summed E-state index contributed by atoms with van der Waals surface area (Å²) < 4.78 is 0. The van der Waals surface area contributed by atoms with Gasteiger partial charge in [0.1, 0.15) is 0 Å². The highest BCUT2D eigenvalue weighted by Gasteiger charge is 2.14. The van der Waals surface area contributed by atoms with Gasteiger partial charge in [0.05, 0.1) is 17.8 Å². The number of anilines is 1. The summed E-state index contributed by atoms with van der Waals surface area (Å²) in [5, 5.41) is 15.4. The lowest BCUT2D eigenvalue weighted by Gasteiger charge is -2.10. The van der Waals surface area contributed by atoms with Crippen LogP contribution in [0.25, 0.3) is 0 Å². The number of aryl methyl sites for hydroxylation is 1. The molecule has 0 saturated heterocycles. The fraction of sp³-hybridized carbons (Fsp3) is 0.211. The van der Waals surface area contributed by atoms with E-state index in [0.29, 0.717) is 11.3 Å². The first-order chi connectivity index (χ1) is 11.6. The number of benzene rings is 2. The van der Waals surface area contributed by atoms with E-state index in [-0.39, 0.29) is 5.91 Å². The Morgan fingerprint density at radius 3 is 2.75 bits per heavy atom. The van der Waals surface area contributed by atoms with E-state index in [9.17, 15) is 4.79 Å². The maximum absolute atomic E-state index is 12.0. The predicted octanol–water partition coefficient (Wildman–Crippen LogP) is 3.50. The molecule has 0 fully saturated rings. The van der Waals surface area contributed by atoms with E-state index >= 15 is 0 Å². The van der Waals surface area contributed by atoms with Gasteiger partial charge in [0.15, 0.2) is 0 Å². The van der Waals surface area contributed by atoms with E-state index in [0.717, 1.165) is 12.0 Å². The SMILES string of the molecule is CCc1ccc(/C=N\O[C@@H](C)C(=O)Nc2cccc(C#N)c2)cc1. The Kier molecular flexibility index (Phi) is 6.09. The molecule has 122 valence electrons. The zero-order chi connectivity index (χ0) is 17.4. The summed E-state index contributed by atoms with van der Waals surface area (Å²) in [6.07, 6.45) is 1.80. The third-order valence-corrected chi connectivity index (χ3v) is 3.44. The summed E-state index contributed by atoms with van der Waals surface area (Å²) in [6.45, 7) is 3.71. The summed E-state index contributed by atoms with van der Waals surface area (Å²) >= 11 is 0. The van der Waals surface area contributed by atoms with Gasteiger partial charge in [0, 0.05) is 5.69 Å². The summed E-state index contributed by atoms with van der Waals surface area (Å²) in [6, 6.07) is 16.7. The summed E-state index contributed by atoms with van der Waals surface area (Å²) in [7, 11) is 0. The van der Waals surface area contributed by atoms with E-state index in [1.807, 2.05) is 30.3 Å². The van der Waals surface area contributed by atoms with Crippen LogP contribution in [0.15, 0.2) is 53.7 Å². The fourth-order valence-corrected chi connectivity index (χ4v) is 1.98. The van der Waals surface area contributed by atoms with Gasteiger partial charge in [-0.2, -0.15) is 5.26 Å². The first-order valence-corrected chi connectivity index (χ1v) is 7.71. The third kappa shape index (κ3) is 4.96. The van der Waals surface area contributed by atoms with Gasteiger partial charge in [-0.1, -0.05) is 42.4 Å². The zero-order valence-electron chi connectivity index (χ0n) is 13.7. The van der Waals surface area contributed by atoms with Crippen molar-refractivity contribution < 1.29 is 9.63 Å². The van der Waals surface area contributed by atoms with Crippen molar-refractivity contribution >= 4 is 17.8 Å². The van der Waals surface area contributed by atoms with E-state index < -0.39 is 6.10 Å². The quantitative estimate of drug-likeness (QED) is 0.653. The second-order valence-corrected chi connectivity index (χ2v) is 5.26. The number of nitriles is 1. The van der Waals surface area contributed by atoms with Crippen molar-refractivity contribution in [3.8, 4) is 6.07 Å². The monoisotopic (exact) mass is 321 g/mol. The first kappa shape index (κ1) is 17.2. The molecule has 24 heavy (non-hydrogen) atoms. The molecule has 0 bridgehead atoms. The van der Waals surface area contributed by atoms with Crippen LogP contribution in [0.3, 0.4) is 0 Å². The minimum atomic E-state index is -0.748. The predicted molar refractivity (Wildman–Crippen MR) is 93.7 cm³/mol. The molecule has 0 aliphatic rings. The molecular weight excluding hydrogens is 302 g/mol. The van der Waals surface area contributed by atoms with Crippen LogP contribution in [-0.4, -0.2) is 18.2 Å². The van der Waals surface area contributed by atoms with Crippen LogP contribution in [-0.2, 0) is 16.1 Å². The Labute approximate surface area is 141 Å². The molecule has 2 rings (SSSR count). The lowest BCUT2D eigenvalue weighted by molar-refractivity contribution is -0.126. The maximum Gasteiger partial charge on any atom is 0.267 e. The molecule has 0 unspecified atom stereocenters. The number of hydrogen-bond acceptors (Lipinski definition) is 4. The standard InChI is InChI=1S/C19H19N3O2/c1-3-15-7-9-16(10-8-15)13-21-24-14(2)19(23)22-18-6-4-5-17(11-18)12-20/h4-11,13-14H,3H2,1-2H3,(H,22,23)/b21-13-/t14-/m0/s1. The topological polar surface area (TPSA) is 74.5 Å². The van der Waals surface area contributed by atoms with Gasteiger partial charge < -0.3 is 10.2 Å². The van der Waals surface area contributed by atoms with E-state index in [1.165, 1.54) is 5.56 Å². The Bertz CT molecular complexity index is 761. The average Bonchev–Trinajstić information content (AvgIpc) is 2.62. The molecule has 1 N–H and O–H groups in total. The molecule has 0 aliphatic carbocycles. The van der Waals surface area contributed by atoms with Crippen LogP contribution < -0.4 is 5.32 Å². The van der Waals surface area contributed by atoms with Crippen LogP contribution in [0.2, 0.25) is 0 Å². The van der Waals surface area contributed by atoms with Gasteiger partial charge in [-0.15, -0.1) is 0 Å². The molecule has 2 aromatic carbocycles. The number of carbonyl (C=O) groups is 1. The summed E-state index contributed by atoms with van der Waals surface area (Å²) in [5.74, 6) is -0.330. The van der Waals surface area contributed by atoms with Gasteiger partial charge in [-0.25, -0.2) is 0 Å². The smallest absolute Gasteiger partial charge is 0.267 e. The van der Waals surface area contributed by atoms with Crippen molar-refractivity contribution in [3.05, 3.63) is 65.2 Å². The van der Waals surface area contributed by atoms with Gasteiger partial charge in [-0.05, 0) is 42.7 Å². The van der Waals surface area contributed by atoms with Gasteiger partial charge >= 0.3 is 0 Å². The fourth-order valence-electron chi connectivity index (χ4n) is 1.98. The van der Waals surface area contributed by atoms with Crippen molar-refractivity contribution in [1.82, 2.24) is 0 Å². The molecule has 0 saturated carbocycles. The van der Waals surface area contributed by atoms with Crippen molar-refractivity contribution in [1.29, 1.82) is 5.26 Å². The van der Waals surface area contributed by atoms with Crippen molar-refractivity contribution in [2.45, 2.75) is 26.4 Å². The van der Waals surface area contributed by atoms with Crippen molar-refractivity contribution in [2.24, 2.45) is 5.16 Å². The Morgan fingerprint density at radius 2 is 2.08 bits per heavy atom. The first-order valence-electron chi connectivity index (χ1n) is 7.71. The highest BCUT2D eigenvalue weighted by atomic mass is 16.6. The number of carbonyl (C=O) groups excluding carboxylic acids is 1. The second-order valence-electron chi connectivity index (χ2n) is 5.26. The molecule has 0 radical (unpaired) electrons. The number of hydrogen-bond donors (Lipinski definition) is 1. The van der Waals surface area contributed by atoms with Crippen LogP contribution >= 0.6 is 0 Å². The maximum atomic E-state index is 12.0. The molecule has 1 amide bonds. The Hall–Kier alpha value is -3.13. The molecule has 5 nitrogen and oxygen atoms in total. The molecule has 0 heterocycles. The number of oxime groups is 1. The Morgan fingerprint density at radius 1 is 1.33 bits per heavy atom. The van der Waals surface area contributed by atoms with Crippen LogP contribution in [0.5, 0.6) is 0 Å². The number of nitrogens with one attached hydrogen (secondary N) is 1. The highest BCUT2D eigenvalue weighted by Crippen LogP contribution is 2.10. The Balaban J connectivity index is 1.88. The summed E-state index contributed by atoms with van der Waals surface area (Å²) in [5.41, 5.74) is 3.19. The van der Waals surface area contributed by atoms with Crippen LogP contribution in [0, 0.1) is 11.3 Å². The zero-order valence-corrected chi connectivity index (χ0v) is 13.7. The molecule has 1 atom stereocenters. The van der Waals surface area contributed by atoms with Crippen molar-refractivity contribution in [3.63, 3.8) is 0 Å². The molecular formula is C19H19N3O2. The van der Waals surface area contributed by atoms with Crippen LogP contribution in [0.4, 0.5) is 5.69 Å². The molecule has 5 heteroatoms. The molecule has 2 aromatic rings. The van der Waals surface area contributed by atoms with Crippen LogP contribution in [0.1, 0.15) is 30.5 Å². The molecule has 0 aliphatic heterocycles. The third-order valence-electron chi connectivity index (χ3n) is 3.44. The number of amides is 1. The second kappa shape index (κ2) is 8.49. The van der Waals surface area contributed by atoms with Gasteiger partial charge in [-0.3, -0.25) is 4.79 Å². The largest absolute Gasteiger partial charge is 0.383 e. The van der Waals surface area contributed by atoms with Crippen molar-refractivity contribution in [2.75, 3.05) is 5.32 Å². The lowest BCUT2D eigenvalue weighted by atomic mass is 10.1. The van der Waals surface area contributed by atoms with Gasteiger partial charge in [0.25, 0.3) is 5.91 Å². The normalized spacial score (nSPS) is 11.7. The van der Waals surface area contributed by atoms with Gasteiger partial charge in [0.2, 0.25) is 6.10 Å². The molecule has 0 spiro atoms. The van der Waals surface area contributed by atoms with E-state index in [2.05, 4.69) is 17.4 Å². The van der Waals surface area contributed by atoms with E-state index in [1.54, 1.807) is 37.4 Å². The highest BCUT2D eigenvalue weighted by molar-refractivity contribution is 5.94. The minimum Gasteiger partial charge on any atom is -0.383 e.